The number of anilines is 1. The Bertz CT molecular complexity index is 1470. The Labute approximate surface area is 195 Å². The second-order valence-corrected chi connectivity index (χ2v) is 8.34. The van der Waals surface area contributed by atoms with E-state index in [9.17, 15) is 9.59 Å². The van der Waals surface area contributed by atoms with Gasteiger partial charge in [0.15, 0.2) is 5.43 Å². The van der Waals surface area contributed by atoms with E-state index in [1.807, 2.05) is 37.3 Å². The second-order valence-electron chi connectivity index (χ2n) is 7.90. The Morgan fingerprint density at radius 2 is 1.91 bits per heavy atom. The molecule has 0 saturated heterocycles. The third kappa shape index (κ3) is 3.60. The standard InChI is InChI=1S/C27H20ClNO4/c1-3-12-32-20-9-4-6-17(14-20)24-23-25(30)21-13-16(2)10-11-22(21)33-26(23)27(31)29(24)19-8-5-7-18(28)15-19/h3-11,13-15,24H,1,12H2,2H3. The smallest absolute Gasteiger partial charge is 0.295 e. The lowest BCUT2D eigenvalue weighted by Crippen LogP contribution is -2.29. The molecule has 2 heterocycles. The quantitative estimate of drug-likeness (QED) is 0.341. The Balaban J connectivity index is 1.78. The minimum atomic E-state index is -0.695. The van der Waals surface area contributed by atoms with Crippen molar-refractivity contribution in [3.8, 4) is 5.75 Å². The van der Waals surface area contributed by atoms with Crippen LogP contribution in [0.1, 0.15) is 33.3 Å². The molecule has 5 nitrogen and oxygen atoms in total. The van der Waals surface area contributed by atoms with Gasteiger partial charge in [-0.2, -0.15) is 0 Å². The van der Waals surface area contributed by atoms with Gasteiger partial charge in [0.1, 0.15) is 17.9 Å². The first-order valence-electron chi connectivity index (χ1n) is 10.5. The van der Waals surface area contributed by atoms with Crippen LogP contribution >= 0.6 is 11.6 Å². The number of aryl methyl sites for hydroxylation is 1. The summed E-state index contributed by atoms with van der Waals surface area (Å²) in [6.45, 7) is 5.93. The topological polar surface area (TPSA) is 59.8 Å². The molecule has 5 rings (SSSR count). The normalized spacial score (nSPS) is 15.0. The zero-order chi connectivity index (χ0) is 23.1. The van der Waals surface area contributed by atoms with Crippen molar-refractivity contribution in [2.24, 2.45) is 0 Å². The molecule has 33 heavy (non-hydrogen) atoms. The molecule has 1 aliphatic rings. The number of nitrogens with zero attached hydrogens (tertiary/aromatic N) is 1. The molecule has 1 atom stereocenters. The first-order valence-corrected chi connectivity index (χ1v) is 10.9. The van der Waals surface area contributed by atoms with Crippen LogP contribution in [-0.2, 0) is 0 Å². The lowest BCUT2D eigenvalue weighted by molar-refractivity contribution is 0.0971. The maximum absolute atomic E-state index is 13.7. The summed E-state index contributed by atoms with van der Waals surface area (Å²) in [5, 5.41) is 0.928. The number of halogens is 1. The highest BCUT2D eigenvalue weighted by Gasteiger charge is 2.43. The van der Waals surface area contributed by atoms with Crippen molar-refractivity contribution in [2.45, 2.75) is 13.0 Å². The van der Waals surface area contributed by atoms with Crippen molar-refractivity contribution < 1.29 is 13.9 Å². The predicted molar refractivity (Wildman–Crippen MR) is 129 cm³/mol. The minimum absolute atomic E-state index is 0.0405. The maximum Gasteiger partial charge on any atom is 0.295 e. The molecule has 4 aromatic rings. The molecule has 3 aromatic carbocycles. The van der Waals surface area contributed by atoms with Gasteiger partial charge in [0.25, 0.3) is 5.91 Å². The van der Waals surface area contributed by atoms with Gasteiger partial charge in [-0.25, -0.2) is 0 Å². The third-order valence-electron chi connectivity index (χ3n) is 5.65. The summed E-state index contributed by atoms with van der Waals surface area (Å²) in [6.07, 6.45) is 1.66. The highest BCUT2D eigenvalue weighted by molar-refractivity contribution is 6.31. The van der Waals surface area contributed by atoms with Gasteiger partial charge in [-0.1, -0.05) is 54.1 Å². The highest BCUT2D eigenvalue weighted by atomic mass is 35.5. The van der Waals surface area contributed by atoms with Crippen LogP contribution in [0.2, 0.25) is 5.02 Å². The van der Waals surface area contributed by atoms with E-state index < -0.39 is 11.9 Å². The number of hydrogen-bond donors (Lipinski definition) is 0. The highest BCUT2D eigenvalue weighted by Crippen LogP contribution is 2.42. The van der Waals surface area contributed by atoms with E-state index in [0.29, 0.717) is 39.6 Å². The molecule has 1 unspecified atom stereocenters. The maximum atomic E-state index is 13.7. The number of carbonyl (C=O) groups excluding carboxylic acids is 1. The summed E-state index contributed by atoms with van der Waals surface area (Å²) < 4.78 is 11.7. The fourth-order valence-corrected chi connectivity index (χ4v) is 4.41. The van der Waals surface area contributed by atoms with Crippen LogP contribution in [0.4, 0.5) is 5.69 Å². The molecule has 0 saturated carbocycles. The lowest BCUT2D eigenvalue weighted by Gasteiger charge is -2.25. The van der Waals surface area contributed by atoms with Gasteiger partial charge in [-0.05, 0) is 55.0 Å². The fraction of sp³-hybridized carbons (Fsp3) is 0.111. The Morgan fingerprint density at radius 1 is 1.09 bits per heavy atom. The largest absolute Gasteiger partial charge is 0.490 e. The molecule has 164 valence electrons. The van der Waals surface area contributed by atoms with Crippen molar-refractivity contribution in [1.29, 1.82) is 0 Å². The average Bonchev–Trinajstić information content (AvgIpc) is 3.11. The molecule has 1 aromatic heterocycles. The molecule has 1 aliphatic heterocycles. The van der Waals surface area contributed by atoms with Crippen molar-refractivity contribution >= 4 is 34.2 Å². The van der Waals surface area contributed by atoms with Crippen LogP contribution in [0.5, 0.6) is 5.75 Å². The van der Waals surface area contributed by atoms with Crippen molar-refractivity contribution in [1.82, 2.24) is 0 Å². The van der Waals surface area contributed by atoms with E-state index in [1.54, 1.807) is 47.4 Å². The van der Waals surface area contributed by atoms with Gasteiger partial charge >= 0.3 is 0 Å². The van der Waals surface area contributed by atoms with E-state index in [4.69, 9.17) is 20.8 Å². The average molecular weight is 458 g/mol. The second kappa shape index (κ2) is 8.26. The van der Waals surface area contributed by atoms with E-state index in [0.717, 1.165) is 11.1 Å². The van der Waals surface area contributed by atoms with Crippen LogP contribution in [0, 0.1) is 6.92 Å². The van der Waals surface area contributed by atoms with Gasteiger partial charge in [-0.15, -0.1) is 0 Å². The number of ether oxygens (including phenoxy) is 1. The first-order chi connectivity index (χ1) is 16.0. The summed E-state index contributed by atoms with van der Waals surface area (Å²) >= 11 is 6.24. The van der Waals surface area contributed by atoms with Crippen LogP contribution in [0.25, 0.3) is 11.0 Å². The molecule has 0 N–H and O–H groups in total. The molecular weight excluding hydrogens is 438 g/mol. The fourth-order valence-electron chi connectivity index (χ4n) is 4.22. The Hall–Kier alpha value is -3.83. The zero-order valence-electron chi connectivity index (χ0n) is 17.9. The lowest BCUT2D eigenvalue weighted by atomic mass is 9.97. The van der Waals surface area contributed by atoms with E-state index in [2.05, 4.69) is 6.58 Å². The summed E-state index contributed by atoms with van der Waals surface area (Å²) in [4.78, 5) is 28.9. The zero-order valence-corrected chi connectivity index (χ0v) is 18.6. The van der Waals surface area contributed by atoms with Crippen LogP contribution < -0.4 is 15.1 Å². The summed E-state index contributed by atoms with van der Waals surface area (Å²) in [6, 6.07) is 19.0. The summed E-state index contributed by atoms with van der Waals surface area (Å²) in [5.41, 5.74) is 2.69. The van der Waals surface area contributed by atoms with Gasteiger partial charge in [-0.3, -0.25) is 14.5 Å². The van der Waals surface area contributed by atoms with Gasteiger partial charge < -0.3 is 9.15 Å². The molecule has 0 spiro atoms. The number of rotatable bonds is 5. The summed E-state index contributed by atoms with van der Waals surface area (Å²) in [5.74, 6) is 0.258. The molecule has 0 radical (unpaired) electrons. The summed E-state index contributed by atoms with van der Waals surface area (Å²) in [7, 11) is 0. The number of fused-ring (bicyclic) bond motifs is 2. The predicted octanol–water partition coefficient (Wildman–Crippen LogP) is 6.07. The third-order valence-corrected chi connectivity index (χ3v) is 5.89. The van der Waals surface area contributed by atoms with Gasteiger partial charge in [0.2, 0.25) is 5.76 Å². The first kappa shape index (κ1) is 21.0. The number of carbonyl (C=O) groups is 1. The Morgan fingerprint density at radius 3 is 2.70 bits per heavy atom. The van der Waals surface area contributed by atoms with E-state index in [-0.39, 0.29) is 11.2 Å². The number of benzene rings is 3. The van der Waals surface area contributed by atoms with Crippen molar-refractivity contribution in [2.75, 3.05) is 11.5 Å². The van der Waals surface area contributed by atoms with Crippen LogP contribution in [-0.4, -0.2) is 12.5 Å². The molecule has 0 aliphatic carbocycles. The monoisotopic (exact) mass is 457 g/mol. The van der Waals surface area contributed by atoms with Gasteiger partial charge in [0, 0.05) is 10.7 Å². The minimum Gasteiger partial charge on any atom is -0.490 e. The number of hydrogen-bond acceptors (Lipinski definition) is 4. The van der Waals surface area contributed by atoms with Crippen LogP contribution in [0.15, 0.2) is 88.6 Å². The van der Waals surface area contributed by atoms with Gasteiger partial charge in [0.05, 0.1) is 17.0 Å². The molecule has 0 fully saturated rings. The number of amides is 1. The van der Waals surface area contributed by atoms with Crippen LogP contribution in [0.3, 0.4) is 0 Å². The van der Waals surface area contributed by atoms with E-state index in [1.165, 1.54) is 0 Å². The molecule has 0 bridgehead atoms. The SMILES string of the molecule is C=CCOc1cccc(C2c3c(oc4ccc(C)cc4c3=O)C(=O)N2c2cccc(Cl)c2)c1. The van der Waals surface area contributed by atoms with E-state index >= 15 is 0 Å². The molecule has 1 amide bonds. The van der Waals surface area contributed by atoms with Crippen molar-refractivity contribution in [3.05, 3.63) is 117 Å². The molecule has 6 heteroatoms. The Kier molecular flexibility index (Phi) is 5.27. The van der Waals surface area contributed by atoms with Crippen molar-refractivity contribution in [3.63, 3.8) is 0 Å². The molecular formula is C27H20ClNO4.